The molecule has 0 atom stereocenters. The lowest BCUT2D eigenvalue weighted by molar-refractivity contribution is -0.110. The maximum atomic E-state index is 13.9. The van der Waals surface area contributed by atoms with Crippen LogP contribution >= 0.6 is 23.2 Å². The molecular weight excluding hydrogens is 302 g/mol. The summed E-state index contributed by atoms with van der Waals surface area (Å²) in [5, 5.41) is 2.94. The van der Waals surface area contributed by atoms with Crippen molar-refractivity contribution in [2.75, 3.05) is 5.32 Å². The fourth-order valence-electron chi connectivity index (χ4n) is 1.99. The summed E-state index contributed by atoms with van der Waals surface area (Å²) in [5.74, 6) is -0.895. The van der Waals surface area contributed by atoms with Crippen molar-refractivity contribution in [2.45, 2.75) is 0 Å². The minimum absolute atomic E-state index is 0.00668. The largest absolute Gasteiger partial charge is 0.321 e. The molecule has 0 bridgehead atoms. The first kappa shape index (κ1) is 13.1. The van der Waals surface area contributed by atoms with Gasteiger partial charge in [-0.1, -0.05) is 35.3 Å². The van der Waals surface area contributed by atoms with Gasteiger partial charge in [-0.05, 0) is 18.2 Å². The monoisotopic (exact) mass is 308 g/mol. The summed E-state index contributed by atoms with van der Waals surface area (Å²) in [4.78, 5) is 15.9. The molecule has 1 aromatic heterocycles. The molecule has 3 rings (SSSR count). The molecule has 0 aliphatic carbocycles. The molecule has 20 heavy (non-hydrogen) atoms. The van der Waals surface area contributed by atoms with Crippen LogP contribution in [0.3, 0.4) is 0 Å². The maximum absolute atomic E-state index is 13.9. The van der Waals surface area contributed by atoms with Gasteiger partial charge in [0.2, 0.25) is 0 Å². The van der Waals surface area contributed by atoms with Gasteiger partial charge in [-0.25, -0.2) is 9.37 Å². The van der Waals surface area contributed by atoms with E-state index in [-0.39, 0.29) is 21.6 Å². The summed E-state index contributed by atoms with van der Waals surface area (Å²) in [6.07, 6.45) is 2.92. The number of halogens is 3. The van der Waals surface area contributed by atoms with E-state index in [1.165, 1.54) is 18.3 Å². The van der Waals surface area contributed by atoms with Crippen molar-refractivity contribution in [3.63, 3.8) is 0 Å². The number of carbonyl (C=O) groups is 1. The van der Waals surface area contributed by atoms with E-state index in [0.29, 0.717) is 16.8 Å². The number of anilines is 1. The average molecular weight is 309 g/mol. The Labute approximate surface area is 124 Å². The highest BCUT2D eigenvalue weighted by molar-refractivity contribution is 6.36. The highest BCUT2D eigenvalue weighted by Gasteiger charge is 2.25. The molecule has 6 heteroatoms. The fourth-order valence-corrected chi connectivity index (χ4v) is 2.33. The highest BCUT2D eigenvalue weighted by Crippen LogP contribution is 2.34. The Bertz CT molecular complexity index is 759. The SMILES string of the molecule is O=C1Nc2cc(Cl)ncc2C1=Cc1cccc(Cl)c1F. The molecule has 3 nitrogen and oxygen atoms in total. The second-order valence-electron chi connectivity index (χ2n) is 4.21. The molecular formula is C14H7Cl2FN2O. The van der Waals surface area contributed by atoms with E-state index in [1.807, 2.05) is 0 Å². The van der Waals surface area contributed by atoms with Crippen LogP contribution in [0.2, 0.25) is 10.2 Å². The van der Waals surface area contributed by atoms with Crippen molar-refractivity contribution in [1.29, 1.82) is 0 Å². The smallest absolute Gasteiger partial charge is 0.256 e. The molecule has 0 radical (unpaired) electrons. The quantitative estimate of drug-likeness (QED) is 0.638. The molecule has 1 aliphatic heterocycles. The van der Waals surface area contributed by atoms with Gasteiger partial charge in [0.05, 0.1) is 16.3 Å². The third-order valence-electron chi connectivity index (χ3n) is 2.93. The van der Waals surface area contributed by atoms with Gasteiger partial charge in [0.15, 0.2) is 0 Å². The lowest BCUT2D eigenvalue weighted by Crippen LogP contribution is -2.03. The van der Waals surface area contributed by atoms with Crippen molar-refractivity contribution in [3.8, 4) is 0 Å². The first-order valence-electron chi connectivity index (χ1n) is 5.69. The van der Waals surface area contributed by atoms with E-state index in [9.17, 15) is 9.18 Å². The lowest BCUT2D eigenvalue weighted by atomic mass is 10.1. The topological polar surface area (TPSA) is 42.0 Å². The number of hydrogen-bond acceptors (Lipinski definition) is 2. The van der Waals surface area contributed by atoms with Crippen LogP contribution < -0.4 is 5.32 Å². The number of hydrogen-bond donors (Lipinski definition) is 1. The molecule has 1 aliphatic rings. The summed E-state index contributed by atoms with van der Waals surface area (Å²) < 4.78 is 13.9. The van der Waals surface area contributed by atoms with Crippen LogP contribution in [0.4, 0.5) is 10.1 Å². The van der Waals surface area contributed by atoms with Crippen LogP contribution in [-0.4, -0.2) is 10.9 Å². The van der Waals surface area contributed by atoms with Crippen LogP contribution in [0, 0.1) is 5.82 Å². The Morgan fingerprint density at radius 2 is 2.10 bits per heavy atom. The van der Waals surface area contributed by atoms with Crippen LogP contribution in [0.5, 0.6) is 0 Å². The number of rotatable bonds is 1. The number of nitrogens with zero attached hydrogens (tertiary/aromatic N) is 1. The van der Waals surface area contributed by atoms with Gasteiger partial charge in [0, 0.05) is 17.3 Å². The van der Waals surface area contributed by atoms with E-state index in [0.717, 1.165) is 0 Å². The summed E-state index contributed by atoms with van der Waals surface area (Å²) >= 11 is 11.5. The lowest BCUT2D eigenvalue weighted by Gasteiger charge is -2.01. The van der Waals surface area contributed by atoms with Gasteiger partial charge in [0.25, 0.3) is 5.91 Å². The Kier molecular flexibility index (Phi) is 3.20. The number of fused-ring (bicyclic) bond motifs is 1. The van der Waals surface area contributed by atoms with Crippen molar-refractivity contribution in [2.24, 2.45) is 0 Å². The summed E-state index contributed by atoms with van der Waals surface area (Å²) in [7, 11) is 0. The summed E-state index contributed by atoms with van der Waals surface area (Å²) in [6.45, 7) is 0. The van der Waals surface area contributed by atoms with Crippen molar-refractivity contribution >= 4 is 46.4 Å². The van der Waals surface area contributed by atoms with Gasteiger partial charge in [-0.3, -0.25) is 4.79 Å². The average Bonchev–Trinajstić information content (AvgIpc) is 2.70. The predicted molar refractivity (Wildman–Crippen MR) is 77.2 cm³/mol. The molecule has 2 aromatic rings. The molecule has 0 fully saturated rings. The zero-order chi connectivity index (χ0) is 14.3. The molecule has 0 saturated heterocycles. The predicted octanol–water partition coefficient (Wildman–Crippen LogP) is 4.02. The Balaban J connectivity index is 2.14. The van der Waals surface area contributed by atoms with E-state index >= 15 is 0 Å². The van der Waals surface area contributed by atoms with Crippen LogP contribution in [-0.2, 0) is 4.79 Å². The second-order valence-corrected chi connectivity index (χ2v) is 5.00. The molecule has 2 heterocycles. The number of amides is 1. The van der Waals surface area contributed by atoms with E-state index in [2.05, 4.69) is 10.3 Å². The van der Waals surface area contributed by atoms with Crippen LogP contribution in [0.1, 0.15) is 11.1 Å². The molecule has 100 valence electrons. The molecule has 1 amide bonds. The Hall–Kier alpha value is -1.91. The fraction of sp³-hybridized carbons (Fsp3) is 0. The van der Waals surface area contributed by atoms with E-state index in [4.69, 9.17) is 23.2 Å². The minimum Gasteiger partial charge on any atom is -0.321 e. The zero-order valence-electron chi connectivity index (χ0n) is 9.95. The zero-order valence-corrected chi connectivity index (χ0v) is 11.5. The third kappa shape index (κ3) is 2.17. The van der Waals surface area contributed by atoms with Crippen LogP contribution in [0.25, 0.3) is 11.6 Å². The molecule has 1 N–H and O–H groups in total. The van der Waals surface area contributed by atoms with Crippen molar-refractivity contribution in [1.82, 2.24) is 4.98 Å². The number of nitrogens with one attached hydrogen (secondary N) is 1. The first-order chi connectivity index (χ1) is 9.56. The van der Waals surface area contributed by atoms with E-state index < -0.39 is 5.82 Å². The standard InChI is InChI=1S/C14H7Cl2FN2O/c15-10-3-1-2-7(13(10)17)4-8-9-6-18-12(16)5-11(9)19-14(8)20/h1-6H,(H,19,20). The maximum Gasteiger partial charge on any atom is 0.256 e. The molecule has 0 saturated carbocycles. The number of pyridine rings is 1. The second kappa shape index (κ2) is 4.89. The first-order valence-corrected chi connectivity index (χ1v) is 6.45. The molecule has 0 spiro atoms. The van der Waals surface area contributed by atoms with Crippen LogP contribution in [0.15, 0.2) is 30.5 Å². The minimum atomic E-state index is -0.565. The van der Waals surface area contributed by atoms with Gasteiger partial charge in [0.1, 0.15) is 11.0 Å². The Morgan fingerprint density at radius 3 is 2.90 bits per heavy atom. The summed E-state index contributed by atoms with van der Waals surface area (Å²) in [5.41, 5.74) is 1.71. The number of benzene rings is 1. The number of aromatic nitrogens is 1. The third-order valence-corrected chi connectivity index (χ3v) is 3.43. The highest BCUT2D eigenvalue weighted by atomic mass is 35.5. The van der Waals surface area contributed by atoms with Gasteiger partial charge >= 0.3 is 0 Å². The normalized spacial score (nSPS) is 15.3. The molecule has 0 unspecified atom stereocenters. The van der Waals surface area contributed by atoms with E-state index in [1.54, 1.807) is 18.2 Å². The van der Waals surface area contributed by atoms with Gasteiger partial charge < -0.3 is 5.32 Å². The summed E-state index contributed by atoms with van der Waals surface area (Å²) in [6, 6.07) is 6.15. The van der Waals surface area contributed by atoms with Gasteiger partial charge in [-0.15, -0.1) is 0 Å². The van der Waals surface area contributed by atoms with Crippen molar-refractivity contribution < 1.29 is 9.18 Å². The van der Waals surface area contributed by atoms with Gasteiger partial charge in [-0.2, -0.15) is 0 Å². The molecule has 1 aromatic carbocycles. The Morgan fingerprint density at radius 1 is 1.30 bits per heavy atom. The number of carbonyl (C=O) groups excluding carboxylic acids is 1. The van der Waals surface area contributed by atoms with Crippen molar-refractivity contribution in [3.05, 3.63) is 57.6 Å².